The van der Waals surface area contributed by atoms with Gasteiger partial charge in [0, 0.05) is 27.9 Å². The SMILES string of the molecule is c1ccc(-c2cccc(N(c3ccccc3)c3ccc4c(c3)C3(CCC5(CC3)c3ccccc3-c3ccc(-c6ccccc6)cc35)c3ccccc3-4)c2)cc1. The fourth-order valence-corrected chi connectivity index (χ4v) is 10.5. The molecule has 262 valence electrons. The zero-order valence-corrected chi connectivity index (χ0v) is 30.8. The standard InChI is InChI=1S/C54H41N/c1-4-15-38(16-5-1)40-19-14-22-43(35-40)55(42-20-8-3-9-21-42)44-28-30-48-46-24-11-13-26-50(46)54(52(48)37-44)33-31-53(32-34-54)49-25-12-10-23-45(49)47-29-27-41(36-51(47)53)39-17-6-2-7-18-39/h1-30,35-37H,31-34H2. The van der Waals surface area contributed by atoms with Gasteiger partial charge in [0.05, 0.1) is 0 Å². The average molecular weight is 704 g/mol. The molecule has 0 unspecified atom stereocenters. The van der Waals surface area contributed by atoms with Crippen molar-refractivity contribution in [1.29, 1.82) is 0 Å². The summed E-state index contributed by atoms with van der Waals surface area (Å²) in [4.78, 5) is 2.45. The zero-order valence-electron chi connectivity index (χ0n) is 30.8. The third kappa shape index (κ3) is 4.93. The summed E-state index contributed by atoms with van der Waals surface area (Å²) < 4.78 is 0. The summed E-state index contributed by atoms with van der Waals surface area (Å²) in [5, 5.41) is 0. The van der Waals surface area contributed by atoms with E-state index < -0.39 is 0 Å². The van der Waals surface area contributed by atoms with Gasteiger partial charge in [-0.15, -0.1) is 0 Å². The molecule has 1 heteroatoms. The van der Waals surface area contributed by atoms with Crippen molar-refractivity contribution < 1.29 is 0 Å². The minimum atomic E-state index is -0.0594. The molecular weight excluding hydrogens is 663 g/mol. The monoisotopic (exact) mass is 703 g/mol. The van der Waals surface area contributed by atoms with E-state index in [4.69, 9.17) is 0 Å². The molecule has 0 amide bonds. The fourth-order valence-electron chi connectivity index (χ4n) is 10.5. The Balaban J connectivity index is 1.04. The third-order valence-corrected chi connectivity index (χ3v) is 13.1. The van der Waals surface area contributed by atoms with Gasteiger partial charge in [0.25, 0.3) is 0 Å². The predicted molar refractivity (Wildman–Crippen MR) is 229 cm³/mol. The van der Waals surface area contributed by atoms with Crippen LogP contribution in [0.1, 0.15) is 47.9 Å². The van der Waals surface area contributed by atoms with Crippen LogP contribution in [-0.2, 0) is 10.8 Å². The second-order valence-electron chi connectivity index (χ2n) is 15.7. The molecule has 2 spiro atoms. The second kappa shape index (κ2) is 12.6. The summed E-state index contributed by atoms with van der Waals surface area (Å²) in [6.45, 7) is 0. The number of rotatable bonds is 5. The van der Waals surface area contributed by atoms with Crippen molar-refractivity contribution in [2.45, 2.75) is 36.5 Å². The lowest BCUT2D eigenvalue weighted by Gasteiger charge is -2.46. The largest absolute Gasteiger partial charge is 0.310 e. The van der Waals surface area contributed by atoms with Crippen LogP contribution in [0.5, 0.6) is 0 Å². The number of hydrogen-bond acceptors (Lipinski definition) is 1. The second-order valence-corrected chi connectivity index (χ2v) is 15.7. The van der Waals surface area contributed by atoms with Crippen molar-refractivity contribution in [1.82, 2.24) is 0 Å². The number of fused-ring (bicyclic) bond motifs is 10. The van der Waals surface area contributed by atoms with Crippen LogP contribution in [0.4, 0.5) is 17.1 Å². The Morgan fingerprint density at radius 3 is 1.29 bits per heavy atom. The van der Waals surface area contributed by atoms with Crippen LogP contribution in [0.15, 0.2) is 200 Å². The molecule has 0 aliphatic heterocycles. The molecule has 0 aromatic heterocycles. The quantitative estimate of drug-likeness (QED) is 0.172. The van der Waals surface area contributed by atoms with Crippen LogP contribution in [-0.4, -0.2) is 0 Å². The van der Waals surface area contributed by atoms with Gasteiger partial charge in [-0.1, -0.05) is 158 Å². The van der Waals surface area contributed by atoms with Gasteiger partial charge in [0.1, 0.15) is 0 Å². The Bertz CT molecular complexity index is 2700. The van der Waals surface area contributed by atoms with Crippen LogP contribution >= 0.6 is 0 Å². The molecule has 0 atom stereocenters. The molecular formula is C54H41N. The Morgan fingerprint density at radius 1 is 0.273 bits per heavy atom. The van der Waals surface area contributed by atoms with Gasteiger partial charge in [-0.05, 0) is 135 Å². The van der Waals surface area contributed by atoms with Crippen LogP contribution in [0.3, 0.4) is 0 Å². The number of anilines is 3. The van der Waals surface area contributed by atoms with Crippen molar-refractivity contribution in [3.05, 3.63) is 222 Å². The Kier molecular flexibility index (Phi) is 7.32. The molecule has 3 aliphatic carbocycles. The highest BCUT2D eigenvalue weighted by Crippen LogP contribution is 2.64. The molecule has 1 nitrogen and oxygen atoms in total. The molecule has 0 radical (unpaired) electrons. The molecule has 1 fully saturated rings. The molecule has 3 aliphatic rings. The van der Waals surface area contributed by atoms with E-state index in [-0.39, 0.29) is 10.8 Å². The number of para-hydroxylation sites is 1. The van der Waals surface area contributed by atoms with E-state index in [0.29, 0.717) is 0 Å². The molecule has 1 saturated carbocycles. The summed E-state index contributed by atoms with van der Waals surface area (Å²) in [7, 11) is 0. The van der Waals surface area contributed by atoms with Gasteiger partial charge in [0.15, 0.2) is 0 Å². The van der Waals surface area contributed by atoms with Crippen LogP contribution in [0.25, 0.3) is 44.5 Å². The smallest absolute Gasteiger partial charge is 0.0467 e. The third-order valence-electron chi connectivity index (χ3n) is 13.1. The topological polar surface area (TPSA) is 3.24 Å². The van der Waals surface area contributed by atoms with E-state index in [1.807, 2.05) is 0 Å². The first-order chi connectivity index (χ1) is 27.2. The van der Waals surface area contributed by atoms with Crippen molar-refractivity contribution >= 4 is 17.1 Å². The summed E-state index contributed by atoms with van der Waals surface area (Å²) in [5.74, 6) is 0. The molecule has 0 bridgehead atoms. The predicted octanol–water partition coefficient (Wildman–Crippen LogP) is 14.3. The first kappa shape index (κ1) is 32.0. The van der Waals surface area contributed by atoms with Crippen LogP contribution in [0, 0.1) is 0 Å². The highest BCUT2D eigenvalue weighted by atomic mass is 15.1. The van der Waals surface area contributed by atoms with E-state index in [9.17, 15) is 0 Å². The highest BCUT2D eigenvalue weighted by molar-refractivity contribution is 5.88. The Labute approximate surface area is 324 Å². The molecule has 0 heterocycles. The summed E-state index contributed by atoms with van der Waals surface area (Å²) in [6.07, 6.45) is 4.40. The molecule has 8 aromatic carbocycles. The number of benzene rings is 8. The molecule has 8 aromatic rings. The van der Waals surface area contributed by atoms with E-state index in [2.05, 4.69) is 205 Å². The van der Waals surface area contributed by atoms with Gasteiger partial charge in [0.2, 0.25) is 0 Å². The van der Waals surface area contributed by atoms with E-state index in [1.54, 1.807) is 0 Å². The maximum Gasteiger partial charge on any atom is 0.0467 e. The number of hydrogen-bond donors (Lipinski definition) is 0. The van der Waals surface area contributed by atoms with Crippen molar-refractivity contribution in [2.75, 3.05) is 4.90 Å². The average Bonchev–Trinajstić information content (AvgIpc) is 3.69. The van der Waals surface area contributed by atoms with E-state index in [1.165, 1.54) is 72.4 Å². The molecule has 55 heavy (non-hydrogen) atoms. The maximum atomic E-state index is 2.54. The zero-order chi connectivity index (χ0) is 36.4. The van der Waals surface area contributed by atoms with Crippen molar-refractivity contribution in [3.8, 4) is 44.5 Å². The van der Waals surface area contributed by atoms with E-state index >= 15 is 0 Å². The van der Waals surface area contributed by atoms with Gasteiger partial charge in [-0.25, -0.2) is 0 Å². The minimum absolute atomic E-state index is 0.00870. The van der Waals surface area contributed by atoms with Crippen molar-refractivity contribution in [2.24, 2.45) is 0 Å². The Hall–Kier alpha value is -6.44. The lowest BCUT2D eigenvalue weighted by Crippen LogP contribution is -2.39. The van der Waals surface area contributed by atoms with Crippen molar-refractivity contribution in [3.63, 3.8) is 0 Å². The van der Waals surface area contributed by atoms with Gasteiger partial charge in [-0.3, -0.25) is 0 Å². The van der Waals surface area contributed by atoms with Gasteiger partial charge < -0.3 is 4.90 Å². The first-order valence-electron chi connectivity index (χ1n) is 19.8. The summed E-state index contributed by atoms with van der Waals surface area (Å²) in [5.41, 5.74) is 20.1. The maximum absolute atomic E-state index is 2.54. The molecule has 0 N–H and O–H groups in total. The minimum Gasteiger partial charge on any atom is -0.310 e. The first-order valence-corrected chi connectivity index (χ1v) is 19.8. The van der Waals surface area contributed by atoms with Crippen LogP contribution < -0.4 is 4.90 Å². The normalized spacial score (nSPS) is 18.8. The lowest BCUT2D eigenvalue weighted by atomic mass is 9.57. The fraction of sp³-hybridized carbons (Fsp3) is 0.111. The van der Waals surface area contributed by atoms with Gasteiger partial charge in [-0.2, -0.15) is 0 Å². The van der Waals surface area contributed by atoms with E-state index in [0.717, 1.165) is 37.1 Å². The summed E-state index contributed by atoms with van der Waals surface area (Å²) in [6, 6.07) is 74.5. The Morgan fingerprint density at radius 2 is 0.691 bits per heavy atom. The molecule has 11 rings (SSSR count). The van der Waals surface area contributed by atoms with Gasteiger partial charge >= 0.3 is 0 Å². The summed E-state index contributed by atoms with van der Waals surface area (Å²) >= 11 is 0. The lowest BCUT2D eigenvalue weighted by molar-refractivity contribution is 0.265. The highest BCUT2D eigenvalue weighted by Gasteiger charge is 2.53. The van der Waals surface area contributed by atoms with Crippen LogP contribution in [0.2, 0.25) is 0 Å². The molecule has 0 saturated heterocycles. The number of nitrogens with zero attached hydrogens (tertiary/aromatic N) is 1.